The van der Waals surface area contributed by atoms with Crippen LogP contribution in [0.15, 0.2) is 10.7 Å². The number of nitrogens with one attached hydrogen (secondary N) is 1. The first-order chi connectivity index (χ1) is 8.09. The van der Waals surface area contributed by atoms with E-state index >= 15 is 0 Å². The number of hydrogen-bond donors (Lipinski definition) is 1. The lowest BCUT2D eigenvalue weighted by Gasteiger charge is -2.13. The second-order valence-electron chi connectivity index (χ2n) is 4.19. The Kier molecular flexibility index (Phi) is 3.23. The molecule has 6 nitrogen and oxygen atoms in total. The summed E-state index contributed by atoms with van der Waals surface area (Å²) in [6.07, 6.45) is 1.76. The van der Waals surface area contributed by atoms with E-state index in [9.17, 15) is 0 Å². The van der Waals surface area contributed by atoms with E-state index in [1.165, 1.54) is 0 Å². The molecule has 2 aromatic rings. The van der Waals surface area contributed by atoms with Crippen LogP contribution < -0.4 is 5.32 Å². The molecule has 17 heavy (non-hydrogen) atoms. The van der Waals surface area contributed by atoms with Gasteiger partial charge >= 0.3 is 0 Å². The van der Waals surface area contributed by atoms with Crippen molar-refractivity contribution < 1.29 is 4.52 Å². The van der Waals surface area contributed by atoms with Gasteiger partial charge in [0, 0.05) is 25.2 Å². The van der Waals surface area contributed by atoms with Crippen LogP contribution in [-0.2, 0) is 13.6 Å². The molecule has 0 aliphatic carbocycles. The highest BCUT2D eigenvalue weighted by molar-refractivity contribution is 5.24. The first-order valence-electron chi connectivity index (χ1n) is 5.59. The van der Waals surface area contributed by atoms with E-state index in [-0.39, 0.29) is 6.04 Å². The van der Waals surface area contributed by atoms with Crippen LogP contribution in [0.2, 0.25) is 0 Å². The van der Waals surface area contributed by atoms with Crippen molar-refractivity contribution in [1.29, 1.82) is 0 Å². The van der Waals surface area contributed by atoms with Gasteiger partial charge in [-0.25, -0.2) is 0 Å². The second-order valence-corrected chi connectivity index (χ2v) is 4.19. The molecule has 1 atom stereocenters. The van der Waals surface area contributed by atoms with Crippen LogP contribution in [0.3, 0.4) is 0 Å². The molecule has 6 heteroatoms. The van der Waals surface area contributed by atoms with Gasteiger partial charge in [-0.15, -0.1) is 5.10 Å². The first-order valence-corrected chi connectivity index (χ1v) is 5.59. The molecule has 0 fully saturated rings. The Labute approximate surface area is 100.0 Å². The van der Waals surface area contributed by atoms with Crippen molar-refractivity contribution in [1.82, 2.24) is 25.5 Å². The Bertz CT molecular complexity index is 482. The molecule has 2 aromatic heterocycles. The molecule has 0 saturated carbocycles. The molecule has 0 saturated heterocycles. The van der Waals surface area contributed by atoms with E-state index in [1.54, 1.807) is 10.9 Å². The smallest absolute Gasteiger partial charge is 0.138 e. The highest BCUT2D eigenvalue weighted by Crippen LogP contribution is 2.20. The summed E-state index contributed by atoms with van der Waals surface area (Å²) in [6, 6.07) is 0.191. The minimum atomic E-state index is 0.191. The van der Waals surface area contributed by atoms with Gasteiger partial charge in [0.1, 0.15) is 5.76 Å². The fourth-order valence-corrected chi connectivity index (χ4v) is 1.94. The van der Waals surface area contributed by atoms with Crippen molar-refractivity contribution in [2.24, 2.45) is 7.05 Å². The number of nitrogens with zero attached hydrogens (tertiary/aromatic N) is 4. The largest absolute Gasteiger partial charge is 0.361 e. The van der Waals surface area contributed by atoms with Gasteiger partial charge in [-0.2, -0.15) is 0 Å². The second kappa shape index (κ2) is 4.67. The topological polar surface area (TPSA) is 68.8 Å². The molecular weight excluding hydrogens is 218 g/mol. The predicted octanol–water partition coefficient (Wildman–Crippen LogP) is 1.27. The van der Waals surface area contributed by atoms with Crippen molar-refractivity contribution in [3.63, 3.8) is 0 Å². The Morgan fingerprint density at radius 1 is 1.47 bits per heavy atom. The summed E-state index contributed by atoms with van der Waals surface area (Å²) in [5.74, 6) is 0.866. The third-order valence-corrected chi connectivity index (χ3v) is 2.92. The normalized spacial score (nSPS) is 12.9. The molecular formula is C11H17N5O. The van der Waals surface area contributed by atoms with Crippen molar-refractivity contribution in [3.05, 3.63) is 28.9 Å². The zero-order chi connectivity index (χ0) is 12.4. The van der Waals surface area contributed by atoms with E-state index in [2.05, 4.69) is 27.7 Å². The van der Waals surface area contributed by atoms with Gasteiger partial charge in [0.15, 0.2) is 0 Å². The quantitative estimate of drug-likeness (QED) is 0.864. The third-order valence-electron chi connectivity index (χ3n) is 2.92. The van der Waals surface area contributed by atoms with E-state index in [1.807, 2.05) is 20.9 Å². The molecule has 2 rings (SSSR count). The van der Waals surface area contributed by atoms with Crippen LogP contribution in [-0.4, -0.2) is 20.2 Å². The minimum Gasteiger partial charge on any atom is -0.361 e. The molecule has 0 aliphatic heterocycles. The van der Waals surface area contributed by atoms with Crippen LogP contribution in [0.1, 0.15) is 35.7 Å². The van der Waals surface area contributed by atoms with Crippen LogP contribution in [0.4, 0.5) is 0 Å². The summed E-state index contributed by atoms with van der Waals surface area (Å²) < 4.78 is 6.91. The zero-order valence-electron chi connectivity index (χ0n) is 10.6. The summed E-state index contributed by atoms with van der Waals surface area (Å²) in [6.45, 7) is 6.69. The SMILES string of the molecule is Cc1noc(C)c1C(C)NCc1cnnn1C. The number of rotatable bonds is 4. The first kappa shape index (κ1) is 11.8. The Morgan fingerprint density at radius 2 is 2.24 bits per heavy atom. The molecule has 0 spiro atoms. The summed E-state index contributed by atoms with van der Waals surface area (Å²) in [4.78, 5) is 0. The van der Waals surface area contributed by atoms with E-state index < -0.39 is 0 Å². The van der Waals surface area contributed by atoms with Crippen molar-refractivity contribution in [2.75, 3.05) is 0 Å². The van der Waals surface area contributed by atoms with Gasteiger partial charge in [0.25, 0.3) is 0 Å². The van der Waals surface area contributed by atoms with Gasteiger partial charge < -0.3 is 9.84 Å². The standard InChI is InChI=1S/C11H17N5O/c1-7(11-8(2)14-17-9(11)3)12-5-10-6-13-15-16(10)4/h6-7,12H,5H2,1-4H3. The average Bonchev–Trinajstić information content (AvgIpc) is 2.83. The van der Waals surface area contributed by atoms with Crippen LogP contribution >= 0.6 is 0 Å². The Morgan fingerprint density at radius 3 is 2.76 bits per heavy atom. The summed E-state index contributed by atoms with van der Waals surface area (Å²) >= 11 is 0. The Balaban J connectivity index is 2.03. The number of aryl methyl sites for hydroxylation is 3. The van der Waals surface area contributed by atoms with Crippen LogP contribution in [0.5, 0.6) is 0 Å². The Hall–Kier alpha value is -1.69. The molecule has 0 bridgehead atoms. The highest BCUT2D eigenvalue weighted by atomic mass is 16.5. The monoisotopic (exact) mass is 235 g/mol. The summed E-state index contributed by atoms with van der Waals surface area (Å²) in [7, 11) is 1.88. The lowest BCUT2D eigenvalue weighted by Crippen LogP contribution is -2.20. The predicted molar refractivity (Wildman–Crippen MR) is 62.2 cm³/mol. The maximum Gasteiger partial charge on any atom is 0.138 e. The van der Waals surface area contributed by atoms with Crippen molar-refractivity contribution in [2.45, 2.75) is 33.4 Å². The molecule has 1 unspecified atom stereocenters. The molecule has 0 radical (unpaired) electrons. The van der Waals surface area contributed by atoms with E-state index in [0.717, 1.165) is 22.7 Å². The average molecular weight is 235 g/mol. The van der Waals surface area contributed by atoms with Gasteiger partial charge in [0.05, 0.1) is 17.6 Å². The molecule has 0 amide bonds. The summed E-state index contributed by atoms with van der Waals surface area (Å²) in [5.41, 5.74) is 3.11. The van der Waals surface area contributed by atoms with Gasteiger partial charge in [0.2, 0.25) is 0 Å². The minimum absolute atomic E-state index is 0.191. The van der Waals surface area contributed by atoms with E-state index in [0.29, 0.717) is 6.54 Å². The van der Waals surface area contributed by atoms with Gasteiger partial charge in [-0.1, -0.05) is 10.4 Å². The van der Waals surface area contributed by atoms with Crippen molar-refractivity contribution in [3.8, 4) is 0 Å². The third kappa shape index (κ3) is 2.36. The molecule has 0 aromatic carbocycles. The summed E-state index contributed by atoms with van der Waals surface area (Å²) in [5, 5.41) is 15.1. The molecule has 2 heterocycles. The lowest BCUT2D eigenvalue weighted by atomic mass is 10.1. The maximum absolute atomic E-state index is 5.16. The van der Waals surface area contributed by atoms with Gasteiger partial charge in [-0.3, -0.25) is 4.68 Å². The molecule has 0 aliphatic rings. The molecule has 1 N–H and O–H groups in total. The van der Waals surface area contributed by atoms with E-state index in [4.69, 9.17) is 4.52 Å². The van der Waals surface area contributed by atoms with Gasteiger partial charge in [-0.05, 0) is 20.8 Å². The zero-order valence-corrected chi connectivity index (χ0v) is 10.6. The van der Waals surface area contributed by atoms with Crippen LogP contribution in [0, 0.1) is 13.8 Å². The fraction of sp³-hybridized carbons (Fsp3) is 0.545. The fourth-order valence-electron chi connectivity index (χ4n) is 1.94. The van der Waals surface area contributed by atoms with Crippen molar-refractivity contribution >= 4 is 0 Å². The maximum atomic E-state index is 5.16. The highest BCUT2D eigenvalue weighted by Gasteiger charge is 2.16. The molecule has 92 valence electrons. The van der Waals surface area contributed by atoms with Crippen LogP contribution in [0.25, 0.3) is 0 Å². The lowest BCUT2D eigenvalue weighted by molar-refractivity contribution is 0.390. The number of aromatic nitrogens is 4. The number of hydrogen-bond acceptors (Lipinski definition) is 5.